The molecular formula is C27H38ClF3N6O9S2. The third-order valence-electron chi connectivity index (χ3n) is 6.48. The van der Waals surface area contributed by atoms with Gasteiger partial charge in [-0.15, -0.1) is 0 Å². The molecule has 0 aliphatic heterocycles. The number of nitrogens with one attached hydrogen (secondary N) is 4. The minimum atomic E-state index is -5.01. The average molecular weight is 747 g/mol. The van der Waals surface area contributed by atoms with Crippen molar-refractivity contribution in [2.24, 2.45) is 17.4 Å². The fourth-order valence-electron chi connectivity index (χ4n) is 4.10. The molecule has 0 aromatic heterocycles. The maximum absolute atomic E-state index is 13.2. The van der Waals surface area contributed by atoms with Crippen LogP contribution in [0.3, 0.4) is 0 Å². The smallest absolute Gasteiger partial charge is 0.417 e. The van der Waals surface area contributed by atoms with E-state index >= 15 is 0 Å². The third-order valence-corrected chi connectivity index (χ3v) is 8.92. The van der Waals surface area contributed by atoms with Crippen molar-refractivity contribution in [3.05, 3.63) is 28.8 Å². The van der Waals surface area contributed by atoms with Crippen LogP contribution in [0.1, 0.15) is 51.5 Å². The van der Waals surface area contributed by atoms with Crippen molar-refractivity contribution in [1.82, 2.24) is 20.7 Å². The molecule has 0 saturated heterocycles. The first-order chi connectivity index (χ1) is 22.1. The number of rotatable bonds is 20. The number of halogens is 4. The van der Waals surface area contributed by atoms with Crippen LogP contribution in [0.15, 0.2) is 23.1 Å². The fraction of sp³-hybridized carbons (Fsp3) is 0.556. The SMILES string of the molecule is CSCC[C@H](NC(=O)[C@H](CC(C)C)NC(=O)[C@H](CC(N)=O)NC(=O)CC[C@H](NS(=O)(=O)c1ccc(Cl)c(C(F)(F)F)c1)C(=O)O)C(N)=O. The first kappa shape index (κ1) is 42.4. The van der Waals surface area contributed by atoms with Crippen LogP contribution in [0.2, 0.25) is 5.02 Å². The van der Waals surface area contributed by atoms with Crippen molar-refractivity contribution in [2.45, 2.75) is 81.2 Å². The van der Waals surface area contributed by atoms with Gasteiger partial charge in [0.15, 0.2) is 0 Å². The Kier molecular flexibility index (Phi) is 16.6. The highest BCUT2D eigenvalue weighted by atomic mass is 35.5. The number of carboxylic acids is 1. The van der Waals surface area contributed by atoms with Gasteiger partial charge >= 0.3 is 12.1 Å². The van der Waals surface area contributed by atoms with Crippen LogP contribution >= 0.6 is 23.4 Å². The van der Waals surface area contributed by atoms with Crippen LogP contribution in [0.25, 0.3) is 0 Å². The molecule has 48 heavy (non-hydrogen) atoms. The van der Waals surface area contributed by atoms with E-state index in [4.69, 9.17) is 23.1 Å². The van der Waals surface area contributed by atoms with Crippen molar-refractivity contribution in [3.63, 3.8) is 0 Å². The summed E-state index contributed by atoms with van der Waals surface area (Å²) in [6.45, 7) is 3.48. The Bertz CT molecular complexity index is 1460. The monoisotopic (exact) mass is 746 g/mol. The predicted molar refractivity (Wildman–Crippen MR) is 169 cm³/mol. The number of carboxylic acid groups (broad SMARTS) is 1. The molecule has 15 nitrogen and oxygen atoms in total. The quantitative estimate of drug-likeness (QED) is 0.0971. The van der Waals surface area contributed by atoms with Gasteiger partial charge in [-0.25, -0.2) is 8.42 Å². The second-order valence-corrected chi connectivity index (χ2v) is 14.0. The van der Waals surface area contributed by atoms with Crippen molar-refractivity contribution in [2.75, 3.05) is 12.0 Å². The molecule has 4 atom stereocenters. The first-order valence-electron chi connectivity index (χ1n) is 14.2. The lowest BCUT2D eigenvalue weighted by Gasteiger charge is -2.25. The van der Waals surface area contributed by atoms with E-state index < -0.39 is 111 Å². The molecule has 0 aliphatic carbocycles. The topological polar surface area (TPSA) is 257 Å². The number of alkyl halides is 3. The van der Waals surface area contributed by atoms with E-state index in [1.165, 1.54) is 11.8 Å². The molecule has 0 fully saturated rings. The summed E-state index contributed by atoms with van der Waals surface area (Å²) < 4.78 is 66.8. The highest BCUT2D eigenvalue weighted by Crippen LogP contribution is 2.36. The van der Waals surface area contributed by atoms with Crippen molar-refractivity contribution in [1.29, 1.82) is 0 Å². The first-order valence-corrected chi connectivity index (χ1v) is 17.4. The second-order valence-electron chi connectivity index (χ2n) is 10.9. The molecule has 0 spiro atoms. The van der Waals surface area contributed by atoms with E-state index in [2.05, 4.69) is 16.0 Å². The van der Waals surface area contributed by atoms with E-state index in [1.807, 2.05) is 0 Å². The molecule has 0 bridgehead atoms. The zero-order valence-corrected chi connectivity index (χ0v) is 28.4. The Labute approximate surface area is 283 Å². The number of thioether (sulfide) groups is 1. The molecular weight excluding hydrogens is 709 g/mol. The standard InChI is InChI=1S/C27H38ClF3N6O9S2/c1-13(2)10-19(24(41)35-17(23(33)40)8-9-47-3)36-25(42)20(12-21(32)38)34-22(39)7-6-18(26(43)44)37-48(45,46)14-4-5-16(28)15(11-14)27(29,30)31/h4-5,11,13,17-20,37H,6-10,12H2,1-3H3,(H2,32,38)(H2,33,40)(H,34,39)(H,35,41)(H,36,42)(H,43,44)/t17-,18-,19-,20-/m0/s1. The lowest BCUT2D eigenvalue weighted by molar-refractivity contribution is -0.139. The molecule has 0 aliphatic rings. The molecule has 1 rings (SSSR count). The fourth-order valence-corrected chi connectivity index (χ4v) is 6.04. The minimum absolute atomic E-state index is 0.0708. The molecule has 21 heteroatoms. The Morgan fingerprint density at radius 3 is 2.02 bits per heavy atom. The molecule has 9 N–H and O–H groups in total. The summed E-state index contributed by atoms with van der Waals surface area (Å²) in [6, 6.07) is -4.34. The summed E-state index contributed by atoms with van der Waals surface area (Å²) in [5.41, 5.74) is 9.12. The molecule has 270 valence electrons. The summed E-state index contributed by atoms with van der Waals surface area (Å²) in [7, 11) is -4.87. The lowest BCUT2D eigenvalue weighted by Crippen LogP contribution is -2.57. The van der Waals surface area contributed by atoms with Gasteiger partial charge in [0.1, 0.15) is 24.2 Å². The van der Waals surface area contributed by atoms with Gasteiger partial charge in [0.2, 0.25) is 39.6 Å². The van der Waals surface area contributed by atoms with E-state index in [0.29, 0.717) is 11.8 Å². The summed E-state index contributed by atoms with van der Waals surface area (Å²) >= 11 is 6.92. The summed E-state index contributed by atoms with van der Waals surface area (Å²) in [6.07, 6.45) is -5.19. The normalized spacial score (nSPS) is 14.3. The average Bonchev–Trinajstić information content (AvgIpc) is 2.95. The Balaban J connectivity index is 3.08. The lowest BCUT2D eigenvalue weighted by atomic mass is 10.0. The number of amides is 5. The van der Waals surface area contributed by atoms with Gasteiger partial charge in [0.05, 0.1) is 21.9 Å². The predicted octanol–water partition coefficient (Wildman–Crippen LogP) is 0.485. The third kappa shape index (κ3) is 14.2. The van der Waals surface area contributed by atoms with Crippen LogP contribution in [0.5, 0.6) is 0 Å². The largest absolute Gasteiger partial charge is 0.480 e. The van der Waals surface area contributed by atoms with Crippen LogP contribution in [-0.4, -0.2) is 85.2 Å². The van der Waals surface area contributed by atoms with E-state index in [1.54, 1.807) is 24.8 Å². The van der Waals surface area contributed by atoms with E-state index in [-0.39, 0.29) is 24.8 Å². The number of nitrogens with two attached hydrogens (primary N) is 2. The molecule has 0 unspecified atom stereocenters. The number of carbonyl (C=O) groups is 6. The van der Waals surface area contributed by atoms with Crippen LogP contribution < -0.4 is 32.1 Å². The van der Waals surface area contributed by atoms with Crippen LogP contribution in [0.4, 0.5) is 13.2 Å². The molecule has 0 radical (unpaired) electrons. The number of benzene rings is 1. The Morgan fingerprint density at radius 2 is 1.52 bits per heavy atom. The second kappa shape index (κ2) is 18.8. The zero-order valence-electron chi connectivity index (χ0n) is 26.1. The van der Waals surface area contributed by atoms with E-state index in [9.17, 15) is 55.5 Å². The van der Waals surface area contributed by atoms with Crippen molar-refractivity contribution < 1.29 is 55.5 Å². The maximum Gasteiger partial charge on any atom is 0.417 e. The number of hydrogen-bond donors (Lipinski definition) is 7. The number of hydrogen-bond acceptors (Lipinski definition) is 9. The van der Waals surface area contributed by atoms with Gasteiger partial charge in [-0.1, -0.05) is 25.4 Å². The van der Waals surface area contributed by atoms with Gasteiger partial charge in [0, 0.05) is 6.42 Å². The highest BCUT2D eigenvalue weighted by molar-refractivity contribution is 7.98. The Morgan fingerprint density at radius 1 is 0.938 bits per heavy atom. The van der Waals surface area contributed by atoms with Crippen LogP contribution in [0, 0.1) is 5.92 Å². The summed E-state index contributed by atoms with van der Waals surface area (Å²) in [5.74, 6) is -6.11. The number of aliphatic carboxylic acids is 1. The van der Waals surface area contributed by atoms with E-state index in [0.717, 1.165) is 6.07 Å². The van der Waals surface area contributed by atoms with Gasteiger partial charge in [-0.3, -0.25) is 28.8 Å². The zero-order chi connectivity index (χ0) is 37.0. The summed E-state index contributed by atoms with van der Waals surface area (Å²) in [4.78, 5) is 73.2. The Hall–Kier alpha value is -3.62. The minimum Gasteiger partial charge on any atom is -0.480 e. The molecule has 0 heterocycles. The maximum atomic E-state index is 13.2. The van der Waals surface area contributed by atoms with Crippen molar-refractivity contribution in [3.8, 4) is 0 Å². The van der Waals surface area contributed by atoms with Crippen molar-refractivity contribution >= 4 is 68.9 Å². The van der Waals surface area contributed by atoms with Crippen LogP contribution in [-0.2, 0) is 45.0 Å². The van der Waals surface area contributed by atoms with Gasteiger partial charge in [-0.2, -0.15) is 29.7 Å². The van der Waals surface area contributed by atoms with Gasteiger partial charge in [0.25, 0.3) is 0 Å². The van der Waals surface area contributed by atoms with Gasteiger partial charge < -0.3 is 32.5 Å². The number of primary amides is 2. The summed E-state index contributed by atoms with van der Waals surface area (Å²) in [5, 5.41) is 15.8. The highest BCUT2D eigenvalue weighted by Gasteiger charge is 2.36. The molecule has 1 aromatic carbocycles. The van der Waals surface area contributed by atoms with Gasteiger partial charge in [-0.05, 0) is 55.4 Å². The molecule has 5 amide bonds. The number of carbonyl (C=O) groups excluding carboxylic acids is 5. The number of sulfonamides is 1. The molecule has 0 saturated carbocycles. The molecule has 1 aromatic rings.